The van der Waals surface area contributed by atoms with Crippen LogP contribution in [0.4, 0.5) is 10.5 Å². The summed E-state index contributed by atoms with van der Waals surface area (Å²) in [7, 11) is 1.67. The Morgan fingerprint density at radius 3 is 2.74 bits per heavy atom. The lowest BCUT2D eigenvalue weighted by Crippen LogP contribution is -2.37. The first kappa shape index (κ1) is 21.7. The van der Waals surface area contributed by atoms with Crippen molar-refractivity contribution >= 4 is 34.6 Å². The number of carbonyl (C=O) groups excluding carboxylic acids is 3. The maximum Gasteiger partial charge on any atom is 0.325 e. The van der Waals surface area contributed by atoms with Gasteiger partial charge in [0.05, 0.1) is 18.9 Å². The van der Waals surface area contributed by atoms with Crippen LogP contribution in [-0.4, -0.2) is 43.8 Å². The molecule has 0 saturated carbocycles. The van der Waals surface area contributed by atoms with E-state index in [1.54, 1.807) is 19.2 Å². The minimum atomic E-state index is -0.772. The van der Waals surface area contributed by atoms with Gasteiger partial charge in [-0.15, -0.1) is 0 Å². The molecule has 0 aliphatic heterocycles. The molecule has 2 N–H and O–H groups in total. The van der Waals surface area contributed by atoms with Gasteiger partial charge >= 0.3 is 12.0 Å². The molecule has 11 nitrogen and oxygen atoms in total. The van der Waals surface area contributed by atoms with E-state index < -0.39 is 24.5 Å². The minimum Gasteiger partial charge on any atom is -0.456 e. The summed E-state index contributed by atoms with van der Waals surface area (Å²) in [6.07, 6.45) is 2.59. The largest absolute Gasteiger partial charge is 0.456 e. The van der Waals surface area contributed by atoms with Crippen molar-refractivity contribution in [2.75, 3.05) is 11.9 Å². The Labute approximate surface area is 177 Å². The third-order valence-corrected chi connectivity index (χ3v) is 4.75. The standard InChI is InChI=1S/C20H22N6O5/c1-12-5-4-6-15(13(12)2)23-20(30)24-16(27)10-31-17(28)7-8-26-11-21-18-14(19(26)29)9-22-25(18)3/h4-6,9,11H,7-8,10H2,1-3H3,(H2,23,24,27,30). The number of amides is 3. The van der Waals surface area contributed by atoms with Crippen LogP contribution in [0.1, 0.15) is 17.5 Å². The van der Waals surface area contributed by atoms with Crippen LogP contribution in [0.25, 0.3) is 11.0 Å². The van der Waals surface area contributed by atoms with Crippen LogP contribution in [0.2, 0.25) is 0 Å². The molecule has 0 spiro atoms. The summed E-state index contributed by atoms with van der Waals surface area (Å²) in [5.74, 6) is -1.46. The predicted octanol–water partition coefficient (Wildman–Crippen LogP) is 1.03. The molecule has 2 heterocycles. The van der Waals surface area contributed by atoms with Gasteiger partial charge < -0.3 is 10.1 Å². The van der Waals surface area contributed by atoms with Crippen LogP contribution in [-0.2, 0) is 27.9 Å². The molecule has 0 atom stereocenters. The van der Waals surface area contributed by atoms with Gasteiger partial charge in [-0.2, -0.15) is 5.10 Å². The number of hydrogen-bond donors (Lipinski definition) is 2. The van der Waals surface area contributed by atoms with E-state index in [1.807, 2.05) is 19.9 Å². The van der Waals surface area contributed by atoms with Crippen molar-refractivity contribution in [1.82, 2.24) is 24.6 Å². The van der Waals surface area contributed by atoms with Crippen LogP contribution >= 0.6 is 0 Å². The first-order valence-electron chi connectivity index (χ1n) is 9.46. The van der Waals surface area contributed by atoms with Crippen molar-refractivity contribution in [2.45, 2.75) is 26.8 Å². The SMILES string of the molecule is Cc1cccc(NC(=O)NC(=O)COC(=O)CCn2cnc3c(cnn3C)c2=O)c1C. The molecule has 0 unspecified atom stereocenters. The fraction of sp³-hybridized carbons (Fsp3) is 0.300. The summed E-state index contributed by atoms with van der Waals surface area (Å²) in [6, 6.07) is 4.68. The molecule has 3 amide bonds. The molecular weight excluding hydrogens is 404 g/mol. The summed E-state index contributed by atoms with van der Waals surface area (Å²) < 4.78 is 7.61. The number of imide groups is 1. The first-order chi connectivity index (χ1) is 14.8. The maximum absolute atomic E-state index is 12.3. The van der Waals surface area contributed by atoms with Gasteiger partial charge in [0, 0.05) is 19.3 Å². The summed E-state index contributed by atoms with van der Waals surface area (Å²) in [5.41, 5.74) is 2.57. The van der Waals surface area contributed by atoms with Crippen molar-refractivity contribution in [3.63, 3.8) is 0 Å². The lowest BCUT2D eigenvalue weighted by molar-refractivity contribution is -0.148. The predicted molar refractivity (Wildman–Crippen MR) is 111 cm³/mol. The quantitative estimate of drug-likeness (QED) is 0.562. The topological polar surface area (TPSA) is 137 Å². The van der Waals surface area contributed by atoms with Crippen molar-refractivity contribution < 1.29 is 19.1 Å². The van der Waals surface area contributed by atoms with Gasteiger partial charge in [0.2, 0.25) is 0 Å². The highest BCUT2D eigenvalue weighted by Gasteiger charge is 2.13. The Kier molecular flexibility index (Phi) is 6.43. The Morgan fingerprint density at radius 2 is 1.97 bits per heavy atom. The minimum absolute atomic E-state index is 0.0320. The first-order valence-corrected chi connectivity index (χ1v) is 9.46. The Morgan fingerprint density at radius 1 is 1.19 bits per heavy atom. The number of nitrogens with zero attached hydrogens (tertiary/aromatic N) is 4. The molecule has 0 aliphatic rings. The molecule has 2 aromatic heterocycles. The van der Waals surface area contributed by atoms with E-state index in [4.69, 9.17) is 4.74 Å². The molecule has 3 aromatic rings. The second kappa shape index (κ2) is 9.20. The number of urea groups is 1. The Bertz CT molecular complexity index is 1210. The average Bonchev–Trinajstić information content (AvgIpc) is 3.11. The van der Waals surface area contributed by atoms with Gasteiger partial charge in [0.1, 0.15) is 5.39 Å². The van der Waals surface area contributed by atoms with E-state index in [0.29, 0.717) is 16.7 Å². The number of aromatic nitrogens is 4. The van der Waals surface area contributed by atoms with E-state index >= 15 is 0 Å². The summed E-state index contributed by atoms with van der Waals surface area (Å²) in [6.45, 7) is 3.17. The average molecular weight is 426 g/mol. The van der Waals surface area contributed by atoms with Gasteiger partial charge in [-0.05, 0) is 31.0 Å². The highest BCUT2D eigenvalue weighted by molar-refractivity contribution is 6.02. The normalized spacial score (nSPS) is 10.7. The fourth-order valence-corrected chi connectivity index (χ4v) is 2.86. The molecule has 0 radical (unpaired) electrons. The van der Waals surface area contributed by atoms with Crippen LogP contribution in [0, 0.1) is 13.8 Å². The lowest BCUT2D eigenvalue weighted by atomic mass is 10.1. The molecule has 3 rings (SSSR count). The zero-order valence-corrected chi connectivity index (χ0v) is 17.3. The highest BCUT2D eigenvalue weighted by Crippen LogP contribution is 2.17. The zero-order valence-electron chi connectivity index (χ0n) is 17.3. The van der Waals surface area contributed by atoms with Crippen molar-refractivity contribution in [3.8, 4) is 0 Å². The molecule has 0 aliphatic carbocycles. The van der Waals surface area contributed by atoms with Gasteiger partial charge in [0.15, 0.2) is 12.3 Å². The second-order valence-electron chi connectivity index (χ2n) is 6.91. The van der Waals surface area contributed by atoms with E-state index in [2.05, 4.69) is 20.7 Å². The van der Waals surface area contributed by atoms with Crippen LogP contribution in [0.3, 0.4) is 0 Å². The molecule has 31 heavy (non-hydrogen) atoms. The number of benzene rings is 1. The molecule has 11 heteroatoms. The van der Waals surface area contributed by atoms with Crippen molar-refractivity contribution in [2.24, 2.45) is 7.05 Å². The molecule has 162 valence electrons. The second-order valence-corrected chi connectivity index (χ2v) is 6.91. The molecular formula is C20H22N6O5. The van der Waals surface area contributed by atoms with E-state index in [1.165, 1.54) is 21.8 Å². The van der Waals surface area contributed by atoms with E-state index in [-0.39, 0.29) is 18.5 Å². The summed E-state index contributed by atoms with van der Waals surface area (Å²) in [5, 5.41) is 8.98. The number of hydrogen-bond acceptors (Lipinski definition) is 7. The monoisotopic (exact) mass is 426 g/mol. The Balaban J connectivity index is 1.45. The molecule has 0 bridgehead atoms. The van der Waals surface area contributed by atoms with Gasteiger partial charge in [-0.1, -0.05) is 12.1 Å². The summed E-state index contributed by atoms with van der Waals surface area (Å²) in [4.78, 5) is 52.2. The number of rotatable bonds is 6. The van der Waals surface area contributed by atoms with Crippen LogP contribution in [0.15, 0.2) is 35.5 Å². The van der Waals surface area contributed by atoms with Crippen molar-refractivity contribution in [1.29, 1.82) is 0 Å². The summed E-state index contributed by atoms with van der Waals surface area (Å²) >= 11 is 0. The number of aryl methyl sites for hydroxylation is 3. The number of nitrogens with one attached hydrogen (secondary N) is 2. The zero-order chi connectivity index (χ0) is 22.5. The van der Waals surface area contributed by atoms with E-state index in [9.17, 15) is 19.2 Å². The van der Waals surface area contributed by atoms with Gasteiger partial charge in [0.25, 0.3) is 11.5 Å². The third-order valence-electron chi connectivity index (χ3n) is 4.75. The smallest absolute Gasteiger partial charge is 0.325 e. The van der Waals surface area contributed by atoms with Gasteiger partial charge in [-0.3, -0.25) is 28.9 Å². The van der Waals surface area contributed by atoms with Gasteiger partial charge in [-0.25, -0.2) is 9.78 Å². The van der Waals surface area contributed by atoms with Crippen LogP contribution in [0.5, 0.6) is 0 Å². The van der Waals surface area contributed by atoms with Crippen LogP contribution < -0.4 is 16.2 Å². The maximum atomic E-state index is 12.3. The van der Waals surface area contributed by atoms with Crippen molar-refractivity contribution in [3.05, 3.63) is 52.2 Å². The molecule has 0 saturated heterocycles. The number of carbonyl (C=O) groups is 3. The Hall–Kier alpha value is -4.02. The number of anilines is 1. The number of esters is 1. The fourth-order valence-electron chi connectivity index (χ4n) is 2.86. The third kappa shape index (κ3) is 5.13. The number of fused-ring (bicyclic) bond motifs is 1. The van der Waals surface area contributed by atoms with E-state index in [0.717, 1.165) is 11.1 Å². The highest BCUT2D eigenvalue weighted by atomic mass is 16.5. The lowest BCUT2D eigenvalue weighted by Gasteiger charge is -2.11. The number of ether oxygens (including phenoxy) is 1. The molecule has 1 aromatic carbocycles. The molecule has 0 fully saturated rings.